The molecule has 1 aromatic carbocycles. The van der Waals surface area contributed by atoms with Gasteiger partial charge in [0.05, 0.1) is 6.04 Å². The molecule has 0 aliphatic carbocycles. The molecule has 1 aliphatic rings. The van der Waals surface area contributed by atoms with E-state index in [-0.39, 0.29) is 69.1 Å². The second-order valence-corrected chi connectivity index (χ2v) is 14.0. The highest BCUT2D eigenvalue weighted by Crippen LogP contribution is 2.21. The third-order valence-electron chi connectivity index (χ3n) is 9.49. The van der Waals surface area contributed by atoms with Crippen LogP contribution in [0.2, 0.25) is 0 Å². The van der Waals surface area contributed by atoms with Gasteiger partial charge >= 0.3 is 0 Å². The Bertz CT molecular complexity index is 1970. The number of fused-ring (bicyclic) bond motifs is 2. The third-order valence-corrected chi connectivity index (χ3v) is 9.49. The number of carbonyl (C=O) groups is 5. The Kier molecular flexibility index (Phi) is 13.1. The fraction of sp³-hybridized carbons (Fsp3) is 0.514. The van der Waals surface area contributed by atoms with Gasteiger partial charge in [0.25, 0.3) is 5.78 Å². The number of aromatic nitrogens is 7. The van der Waals surface area contributed by atoms with Gasteiger partial charge in [0.2, 0.25) is 29.5 Å². The number of benzene rings is 1. The summed E-state index contributed by atoms with van der Waals surface area (Å²) in [5.74, 6) is -0.683. The van der Waals surface area contributed by atoms with E-state index in [9.17, 15) is 24.0 Å². The standard InChI is InChI=1S/C37H50N12O5/c1-22(2)33-34-43-26(6)46-48(34)20-31(51)38-16-18-47(32(52)15-14-28-23(3)42-37-39-21-40-49(37)25(28)5)17-10-13-30(50)41-24(4)35(53)44-29(36(54)45-33)19-27-11-8-7-9-12-27/h7-9,11-12,21-22,24,29,33H,10,13-20H2,1-6H3,(H,38,51)(H,41,50)(H,44,53)(H,45,54)/t24-,29+,33-/m0/s1. The lowest BCUT2D eigenvalue weighted by Gasteiger charge is -2.27. The summed E-state index contributed by atoms with van der Waals surface area (Å²) in [5.41, 5.74) is 3.35. The van der Waals surface area contributed by atoms with E-state index >= 15 is 0 Å². The van der Waals surface area contributed by atoms with Gasteiger partial charge in [0, 0.05) is 50.3 Å². The van der Waals surface area contributed by atoms with Crippen LogP contribution in [-0.2, 0) is 43.4 Å². The van der Waals surface area contributed by atoms with Gasteiger partial charge in [-0.15, -0.1) is 0 Å². The summed E-state index contributed by atoms with van der Waals surface area (Å²) >= 11 is 0. The van der Waals surface area contributed by atoms with Crippen molar-refractivity contribution in [3.63, 3.8) is 0 Å². The Morgan fingerprint density at radius 2 is 1.70 bits per heavy atom. The first-order valence-corrected chi connectivity index (χ1v) is 18.4. The molecule has 0 bridgehead atoms. The molecule has 5 rings (SSSR count). The van der Waals surface area contributed by atoms with Gasteiger partial charge in [-0.05, 0) is 57.6 Å². The van der Waals surface area contributed by atoms with Gasteiger partial charge in [-0.1, -0.05) is 44.2 Å². The summed E-state index contributed by atoms with van der Waals surface area (Å²) in [6.07, 6.45) is 2.61. The maximum absolute atomic E-state index is 13.9. The van der Waals surface area contributed by atoms with Crippen LogP contribution < -0.4 is 21.3 Å². The van der Waals surface area contributed by atoms with E-state index in [4.69, 9.17) is 0 Å². The molecule has 54 heavy (non-hydrogen) atoms. The third kappa shape index (κ3) is 10.0. The molecule has 3 aromatic heterocycles. The molecule has 5 amide bonds. The van der Waals surface area contributed by atoms with Gasteiger partial charge in [-0.2, -0.15) is 15.2 Å². The Morgan fingerprint density at radius 3 is 2.44 bits per heavy atom. The van der Waals surface area contributed by atoms with Crippen molar-refractivity contribution in [2.24, 2.45) is 5.92 Å². The first-order valence-electron chi connectivity index (χ1n) is 18.4. The lowest BCUT2D eigenvalue weighted by molar-refractivity contribution is -0.133. The first kappa shape index (κ1) is 39.5. The Morgan fingerprint density at radius 1 is 0.944 bits per heavy atom. The number of nitrogens with one attached hydrogen (secondary N) is 4. The van der Waals surface area contributed by atoms with E-state index in [1.165, 1.54) is 11.0 Å². The largest absolute Gasteiger partial charge is 0.353 e. The minimum Gasteiger partial charge on any atom is -0.353 e. The maximum Gasteiger partial charge on any atom is 0.252 e. The quantitative estimate of drug-likeness (QED) is 0.221. The van der Waals surface area contributed by atoms with Gasteiger partial charge in [0.1, 0.15) is 30.8 Å². The van der Waals surface area contributed by atoms with Crippen molar-refractivity contribution in [1.29, 1.82) is 0 Å². The van der Waals surface area contributed by atoms with E-state index in [1.54, 1.807) is 23.3 Å². The summed E-state index contributed by atoms with van der Waals surface area (Å²) in [6, 6.07) is 6.74. The van der Waals surface area contributed by atoms with Gasteiger partial charge in [-0.25, -0.2) is 19.2 Å². The number of aryl methyl sites for hydroxylation is 3. The molecule has 17 nitrogen and oxygen atoms in total. The number of rotatable bonds is 6. The molecule has 288 valence electrons. The maximum atomic E-state index is 13.9. The number of amides is 5. The molecule has 17 heteroatoms. The van der Waals surface area contributed by atoms with E-state index in [0.717, 1.165) is 22.5 Å². The van der Waals surface area contributed by atoms with Crippen molar-refractivity contribution in [2.75, 3.05) is 19.6 Å². The Balaban J connectivity index is 1.36. The van der Waals surface area contributed by atoms with Crippen molar-refractivity contribution in [1.82, 2.24) is 60.5 Å². The van der Waals surface area contributed by atoms with Crippen LogP contribution in [0.1, 0.15) is 80.2 Å². The highest BCUT2D eigenvalue weighted by molar-refractivity contribution is 5.92. The van der Waals surface area contributed by atoms with Crippen LogP contribution in [0.15, 0.2) is 36.7 Å². The van der Waals surface area contributed by atoms with Gasteiger partial charge < -0.3 is 26.2 Å². The molecule has 4 heterocycles. The summed E-state index contributed by atoms with van der Waals surface area (Å²) in [6.45, 7) is 11.3. The predicted molar refractivity (Wildman–Crippen MR) is 198 cm³/mol. The smallest absolute Gasteiger partial charge is 0.252 e. The highest BCUT2D eigenvalue weighted by atomic mass is 16.2. The summed E-state index contributed by atoms with van der Waals surface area (Å²) < 4.78 is 3.12. The monoisotopic (exact) mass is 742 g/mol. The lowest BCUT2D eigenvalue weighted by Crippen LogP contribution is -2.54. The molecule has 1 aliphatic heterocycles. The van der Waals surface area contributed by atoms with Gasteiger partial charge in [-0.3, -0.25) is 24.0 Å². The van der Waals surface area contributed by atoms with Gasteiger partial charge in [0.15, 0.2) is 5.82 Å². The minimum absolute atomic E-state index is 0.0529. The van der Waals surface area contributed by atoms with Crippen LogP contribution in [0.25, 0.3) is 5.78 Å². The predicted octanol–water partition coefficient (Wildman–Crippen LogP) is 1.06. The van der Waals surface area contributed by atoms with Crippen LogP contribution in [0.3, 0.4) is 0 Å². The molecule has 0 saturated heterocycles. The number of hydrogen-bond donors (Lipinski definition) is 4. The lowest BCUT2D eigenvalue weighted by atomic mass is 10.0. The van der Waals surface area contributed by atoms with Crippen molar-refractivity contribution in [3.8, 4) is 0 Å². The zero-order chi connectivity index (χ0) is 38.9. The molecular weight excluding hydrogens is 692 g/mol. The van der Waals surface area contributed by atoms with Crippen molar-refractivity contribution < 1.29 is 24.0 Å². The van der Waals surface area contributed by atoms with Crippen molar-refractivity contribution >= 4 is 35.3 Å². The molecule has 0 unspecified atom stereocenters. The summed E-state index contributed by atoms with van der Waals surface area (Å²) in [4.78, 5) is 82.2. The zero-order valence-electron chi connectivity index (χ0n) is 31.8. The number of hydrogen-bond acceptors (Lipinski definition) is 10. The Labute approximate surface area is 314 Å². The summed E-state index contributed by atoms with van der Waals surface area (Å²) in [5, 5.41) is 20.2. The van der Waals surface area contributed by atoms with Crippen molar-refractivity contribution in [2.45, 2.75) is 98.3 Å². The molecule has 4 N–H and O–H groups in total. The molecule has 0 radical (unpaired) electrons. The number of carbonyl (C=O) groups excluding carboxylic acids is 5. The molecule has 4 aromatic rings. The molecule has 0 fully saturated rings. The second-order valence-electron chi connectivity index (χ2n) is 14.0. The van der Waals surface area contributed by atoms with Crippen LogP contribution in [-0.4, -0.2) is 101 Å². The van der Waals surface area contributed by atoms with Crippen LogP contribution >= 0.6 is 0 Å². The van der Waals surface area contributed by atoms with Crippen LogP contribution in [0, 0.1) is 26.7 Å². The average molecular weight is 743 g/mol. The van der Waals surface area contributed by atoms with E-state index < -0.39 is 29.9 Å². The van der Waals surface area contributed by atoms with E-state index in [0.29, 0.717) is 30.3 Å². The van der Waals surface area contributed by atoms with E-state index in [1.807, 2.05) is 58.0 Å². The fourth-order valence-electron chi connectivity index (χ4n) is 6.56. The Hall–Kier alpha value is -5.74. The topological polar surface area (TPSA) is 210 Å². The fourth-order valence-corrected chi connectivity index (χ4v) is 6.56. The molecule has 0 saturated carbocycles. The molecule has 0 spiro atoms. The van der Waals surface area contributed by atoms with Crippen LogP contribution in [0.5, 0.6) is 0 Å². The van der Waals surface area contributed by atoms with Crippen LogP contribution in [0.4, 0.5) is 0 Å². The molecule has 3 atom stereocenters. The van der Waals surface area contributed by atoms with E-state index in [2.05, 4.69) is 46.4 Å². The minimum atomic E-state index is -0.979. The average Bonchev–Trinajstić information content (AvgIpc) is 3.74. The summed E-state index contributed by atoms with van der Waals surface area (Å²) in [7, 11) is 0. The normalized spacial score (nSPS) is 19.8. The number of nitrogens with zero attached hydrogens (tertiary/aromatic N) is 8. The molecular formula is C37H50N12O5. The zero-order valence-corrected chi connectivity index (χ0v) is 31.8. The first-order chi connectivity index (χ1) is 25.8. The second kappa shape index (κ2) is 17.9. The van der Waals surface area contributed by atoms with Crippen molar-refractivity contribution in [3.05, 3.63) is 70.8 Å². The highest BCUT2D eigenvalue weighted by Gasteiger charge is 2.31. The SMILES string of the molecule is Cc1nc2n(n1)CC(=O)NCCN(C(=O)CCc1c(C)nc3ncnn3c1C)CCCC(=O)N[C@@H](C)C(=O)N[C@H](Cc1ccccc1)C(=O)N[C@H]2C(C)C.